The van der Waals surface area contributed by atoms with E-state index in [1.54, 1.807) is 0 Å². The van der Waals surface area contributed by atoms with Crippen LogP contribution in [0.25, 0.3) is 0 Å². The maximum Gasteiger partial charge on any atom is 0.227 e. The van der Waals surface area contributed by atoms with E-state index in [-0.39, 0.29) is 11.8 Å². The van der Waals surface area contributed by atoms with Gasteiger partial charge in [0, 0.05) is 24.2 Å². The second-order valence-corrected chi connectivity index (χ2v) is 6.15. The summed E-state index contributed by atoms with van der Waals surface area (Å²) in [4.78, 5) is 16.6. The lowest BCUT2D eigenvalue weighted by Crippen LogP contribution is -2.41. The van der Waals surface area contributed by atoms with Crippen molar-refractivity contribution in [1.29, 1.82) is 0 Å². The molecule has 0 spiro atoms. The van der Waals surface area contributed by atoms with Gasteiger partial charge in [-0.3, -0.25) is 4.79 Å². The Bertz CT molecular complexity index is 542. The smallest absolute Gasteiger partial charge is 0.227 e. The molecule has 0 aliphatic rings. The highest BCUT2D eigenvalue weighted by molar-refractivity contribution is 5.92. The molecular formula is C19H32N4O. The Morgan fingerprint density at radius 1 is 1.17 bits per heavy atom. The standard InChI is InChI=1S/C19H32N4O/c1-6-14(4)18(24)23-17-11-9-10-16(12-17)13-21-19(20-8-3)22-15(5)7-2/h9-12,14-15H,6-8,13H2,1-5H3,(H,23,24)(H2,20,21,22). The van der Waals surface area contributed by atoms with Gasteiger partial charge >= 0.3 is 0 Å². The molecule has 134 valence electrons. The minimum atomic E-state index is 0.0202. The fourth-order valence-electron chi connectivity index (χ4n) is 2.02. The number of rotatable bonds is 8. The normalized spacial score (nSPS) is 14.0. The Morgan fingerprint density at radius 3 is 2.54 bits per heavy atom. The largest absolute Gasteiger partial charge is 0.357 e. The van der Waals surface area contributed by atoms with E-state index in [1.807, 2.05) is 38.1 Å². The molecule has 0 aliphatic carbocycles. The van der Waals surface area contributed by atoms with Crippen LogP contribution >= 0.6 is 0 Å². The molecule has 0 aromatic heterocycles. The van der Waals surface area contributed by atoms with Crippen molar-refractivity contribution < 1.29 is 4.79 Å². The first-order valence-corrected chi connectivity index (χ1v) is 8.94. The zero-order valence-corrected chi connectivity index (χ0v) is 15.6. The van der Waals surface area contributed by atoms with Gasteiger partial charge in [0.2, 0.25) is 5.91 Å². The Labute approximate surface area is 146 Å². The number of benzene rings is 1. The minimum absolute atomic E-state index is 0.0202. The quantitative estimate of drug-likeness (QED) is 0.504. The average molecular weight is 332 g/mol. The summed E-state index contributed by atoms with van der Waals surface area (Å²) in [6.45, 7) is 11.7. The molecule has 0 heterocycles. The number of nitrogens with one attached hydrogen (secondary N) is 3. The summed E-state index contributed by atoms with van der Waals surface area (Å²) in [6.07, 6.45) is 1.88. The molecule has 3 N–H and O–H groups in total. The van der Waals surface area contributed by atoms with Crippen LogP contribution in [-0.4, -0.2) is 24.5 Å². The molecule has 1 rings (SSSR count). The van der Waals surface area contributed by atoms with Crippen molar-refractivity contribution in [3.63, 3.8) is 0 Å². The van der Waals surface area contributed by atoms with Gasteiger partial charge in [0.1, 0.15) is 0 Å². The highest BCUT2D eigenvalue weighted by Gasteiger charge is 2.10. The molecular weight excluding hydrogens is 300 g/mol. The van der Waals surface area contributed by atoms with E-state index >= 15 is 0 Å². The van der Waals surface area contributed by atoms with Crippen LogP contribution < -0.4 is 16.0 Å². The summed E-state index contributed by atoms with van der Waals surface area (Å²) in [5, 5.41) is 9.60. The second-order valence-electron chi connectivity index (χ2n) is 6.15. The number of guanidine groups is 1. The number of hydrogen-bond donors (Lipinski definition) is 3. The molecule has 1 amide bonds. The topological polar surface area (TPSA) is 65.5 Å². The van der Waals surface area contributed by atoms with Crippen LogP contribution in [-0.2, 0) is 11.3 Å². The highest BCUT2D eigenvalue weighted by atomic mass is 16.1. The van der Waals surface area contributed by atoms with Gasteiger partial charge in [-0.05, 0) is 44.4 Å². The van der Waals surface area contributed by atoms with E-state index in [9.17, 15) is 4.79 Å². The van der Waals surface area contributed by atoms with Gasteiger partial charge in [0.25, 0.3) is 0 Å². The number of anilines is 1. The fraction of sp³-hybridized carbons (Fsp3) is 0.579. The summed E-state index contributed by atoms with van der Waals surface area (Å²) in [7, 11) is 0. The second kappa shape index (κ2) is 10.7. The van der Waals surface area contributed by atoms with Crippen molar-refractivity contribution >= 4 is 17.6 Å². The fourth-order valence-corrected chi connectivity index (χ4v) is 2.02. The Kier molecular flexibility index (Phi) is 8.90. The van der Waals surface area contributed by atoms with E-state index in [0.29, 0.717) is 12.6 Å². The SMILES string of the molecule is CCNC(=NCc1cccc(NC(=O)C(C)CC)c1)NC(C)CC. The molecule has 2 atom stereocenters. The monoisotopic (exact) mass is 332 g/mol. The molecule has 0 saturated heterocycles. The first-order chi connectivity index (χ1) is 11.5. The molecule has 5 nitrogen and oxygen atoms in total. The molecule has 0 radical (unpaired) electrons. The van der Waals surface area contributed by atoms with Gasteiger partial charge in [-0.25, -0.2) is 4.99 Å². The summed E-state index contributed by atoms with van der Waals surface area (Å²) >= 11 is 0. The summed E-state index contributed by atoms with van der Waals surface area (Å²) < 4.78 is 0. The summed E-state index contributed by atoms with van der Waals surface area (Å²) in [5.41, 5.74) is 1.89. The molecule has 2 unspecified atom stereocenters. The zero-order chi connectivity index (χ0) is 17.9. The third-order valence-corrected chi connectivity index (χ3v) is 4.01. The van der Waals surface area contributed by atoms with Crippen LogP contribution in [0.2, 0.25) is 0 Å². The van der Waals surface area contributed by atoms with Crippen molar-refractivity contribution in [1.82, 2.24) is 10.6 Å². The maximum absolute atomic E-state index is 12.0. The van der Waals surface area contributed by atoms with Crippen LogP contribution in [0.3, 0.4) is 0 Å². The van der Waals surface area contributed by atoms with Crippen LogP contribution in [0.15, 0.2) is 29.3 Å². The Balaban J connectivity index is 2.74. The number of carbonyl (C=O) groups is 1. The Morgan fingerprint density at radius 2 is 1.92 bits per heavy atom. The molecule has 1 aromatic carbocycles. The molecule has 5 heteroatoms. The van der Waals surface area contributed by atoms with E-state index in [1.165, 1.54) is 0 Å². The predicted molar refractivity (Wildman–Crippen MR) is 102 cm³/mol. The zero-order valence-electron chi connectivity index (χ0n) is 15.6. The van der Waals surface area contributed by atoms with Gasteiger partial charge in [0.15, 0.2) is 5.96 Å². The van der Waals surface area contributed by atoms with Crippen molar-refractivity contribution in [3.8, 4) is 0 Å². The van der Waals surface area contributed by atoms with Crippen LogP contribution in [0.1, 0.15) is 53.0 Å². The summed E-state index contributed by atoms with van der Waals surface area (Å²) in [6, 6.07) is 8.25. The minimum Gasteiger partial charge on any atom is -0.357 e. The van der Waals surface area contributed by atoms with Crippen molar-refractivity contribution in [2.75, 3.05) is 11.9 Å². The number of amides is 1. The van der Waals surface area contributed by atoms with Gasteiger partial charge < -0.3 is 16.0 Å². The van der Waals surface area contributed by atoms with Crippen molar-refractivity contribution in [3.05, 3.63) is 29.8 Å². The third-order valence-electron chi connectivity index (χ3n) is 4.01. The summed E-state index contributed by atoms with van der Waals surface area (Å²) in [5.74, 6) is 0.901. The molecule has 1 aromatic rings. The lowest BCUT2D eigenvalue weighted by atomic mass is 10.1. The van der Waals surface area contributed by atoms with Crippen molar-refractivity contribution in [2.45, 2.75) is 60.0 Å². The number of nitrogens with zero attached hydrogens (tertiary/aromatic N) is 1. The maximum atomic E-state index is 12.0. The first-order valence-electron chi connectivity index (χ1n) is 8.94. The van der Waals surface area contributed by atoms with E-state index in [0.717, 1.165) is 36.6 Å². The molecule has 0 saturated carbocycles. The van der Waals surface area contributed by atoms with Crippen LogP contribution in [0.5, 0.6) is 0 Å². The lowest BCUT2D eigenvalue weighted by Gasteiger charge is -2.16. The average Bonchev–Trinajstić information content (AvgIpc) is 2.59. The molecule has 0 bridgehead atoms. The van der Waals surface area contributed by atoms with Gasteiger partial charge in [-0.15, -0.1) is 0 Å². The van der Waals surface area contributed by atoms with Crippen molar-refractivity contribution in [2.24, 2.45) is 10.9 Å². The van der Waals surface area contributed by atoms with E-state index < -0.39 is 0 Å². The van der Waals surface area contributed by atoms with E-state index in [2.05, 4.69) is 41.7 Å². The van der Waals surface area contributed by atoms with E-state index in [4.69, 9.17) is 0 Å². The molecule has 24 heavy (non-hydrogen) atoms. The molecule has 0 fully saturated rings. The number of aliphatic imine (C=N–C) groups is 1. The Hall–Kier alpha value is -2.04. The van der Waals surface area contributed by atoms with Crippen LogP contribution in [0, 0.1) is 5.92 Å². The third kappa shape index (κ3) is 7.02. The van der Waals surface area contributed by atoms with Crippen LogP contribution in [0.4, 0.5) is 5.69 Å². The van der Waals surface area contributed by atoms with Gasteiger partial charge in [-0.1, -0.05) is 32.9 Å². The first kappa shape index (κ1) is 20.0. The van der Waals surface area contributed by atoms with Gasteiger partial charge in [-0.2, -0.15) is 0 Å². The lowest BCUT2D eigenvalue weighted by molar-refractivity contribution is -0.119. The van der Waals surface area contributed by atoms with Gasteiger partial charge in [0.05, 0.1) is 6.54 Å². The number of carbonyl (C=O) groups excluding carboxylic acids is 1. The highest BCUT2D eigenvalue weighted by Crippen LogP contribution is 2.13. The predicted octanol–water partition coefficient (Wildman–Crippen LogP) is 3.52. The molecule has 0 aliphatic heterocycles. The number of hydrogen-bond acceptors (Lipinski definition) is 2.